The number of nitrogens with zero attached hydrogens (tertiary/aromatic N) is 2. The highest BCUT2D eigenvalue weighted by atomic mass is 32.1. The standard InChI is InChI=1S/C21H19N3OS/c1-15(2)16-8-10-17(11-9-16)21-24-19(14-26-21)20(25)23-13-5-7-18-6-3-4-12-22-18/h3-4,6,8-12,14-15H,13H2,1-2H3,(H,23,25). The maximum atomic E-state index is 12.2. The van der Waals surface area contributed by atoms with Gasteiger partial charge in [0.25, 0.3) is 5.91 Å². The fourth-order valence-electron chi connectivity index (χ4n) is 2.31. The molecular formula is C21H19N3OS. The van der Waals surface area contributed by atoms with Crippen LogP contribution in [0.2, 0.25) is 0 Å². The fraction of sp³-hybridized carbons (Fsp3) is 0.190. The van der Waals surface area contributed by atoms with Crippen LogP contribution in [0.1, 0.15) is 41.5 Å². The van der Waals surface area contributed by atoms with E-state index in [-0.39, 0.29) is 12.5 Å². The summed E-state index contributed by atoms with van der Waals surface area (Å²) in [5, 5.41) is 5.37. The van der Waals surface area contributed by atoms with Crippen LogP contribution in [-0.4, -0.2) is 22.4 Å². The maximum absolute atomic E-state index is 12.2. The second-order valence-corrected chi connectivity index (χ2v) is 6.87. The molecule has 0 fully saturated rings. The van der Waals surface area contributed by atoms with Crippen molar-refractivity contribution in [1.29, 1.82) is 0 Å². The van der Waals surface area contributed by atoms with Gasteiger partial charge in [0.05, 0.1) is 6.54 Å². The molecule has 0 unspecified atom stereocenters. The number of hydrogen-bond donors (Lipinski definition) is 1. The Balaban J connectivity index is 1.60. The number of amides is 1. The van der Waals surface area contributed by atoms with Gasteiger partial charge in [-0.3, -0.25) is 4.79 Å². The lowest BCUT2D eigenvalue weighted by molar-refractivity contribution is 0.0954. The van der Waals surface area contributed by atoms with E-state index in [1.165, 1.54) is 16.9 Å². The van der Waals surface area contributed by atoms with Gasteiger partial charge in [-0.05, 0) is 29.5 Å². The van der Waals surface area contributed by atoms with E-state index in [1.54, 1.807) is 11.6 Å². The normalized spacial score (nSPS) is 10.3. The van der Waals surface area contributed by atoms with Crippen molar-refractivity contribution in [2.45, 2.75) is 19.8 Å². The molecule has 2 heterocycles. The van der Waals surface area contributed by atoms with Gasteiger partial charge in [-0.1, -0.05) is 50.1 Å². The molecule has 1 aromatic carbocycles. The Morgan fingerprint density at radius 3 is 2.69 bits per heavy atom. The van der Waals surface area contributed by atoms with Gasteiger partial charge >= 0.3 is 0 Å². The van der Waals surface area contributed by atoms with Gasteiger partial charge in [0, 0.05) is 17.1 Å². The monoisotopic (exact) mass is 361 g/mol. The third-order valence-corrected chi connectivity index (χ3v) is 4.67. The van der Waals surface area contributed by atoms with Crippen molar-refractivity contribution in [3.8, 4) is 22.4 Å². The van der Waals surface area contributed by atoms with E-state index in [0.29, 0.717) is 17.3 Å². The summed E-state index contributed by atoms with van der Waals surface area (Å²) in [6.07, 6.45) is 1.69. The molecule has 1 amide bonds. The Bertz CT molecular complexity index is 935. The number of hydrogen-bond acceptors (Lipinski definition) is 4. The molecule has 4 nitrogen and oxygen atoms in total. The number of benzene rings is 1. The van der Waals surface area contributed by atoms with E-state index in [2.05, 4.69) is 53.1 Å². The SMILES string of the molecule is CC(C)c1ccc(-c2nc(C(=O)NCC#Cc3ccccn3)cs2)cc1. The number of carbonyl (C=O) groups excluding carboxylic acids is 1. The molecule has 3 rings (SSSR count). The van der Waals surface area contributed by atoms with E-state index >= 15 is 0 Å². The molecule has 130 valence electrons. The lowest BCUT2D eigenvalue weighted by Crippen LogP contribution is -2.23. The summed E-state index contributed by atoms with van der Waals surface area (Å²) in [5.74, 6) is 6.07. The van der Waals surface area contributed by atoms with Gasteiger partial charge < -0.3 is 5.32 Å². The van der Waals surface area contributed by atoms with Crippen LogP contribution in [0, 0.1) is 11.8 Å². The van der Waals surface area contributed by atoms with Crippen LogP contribution in [-0.2, 0) is 0 Å². The van der Waals surface area contributed by atoms with Crippen molar-refractivity contribution < 1.29 is 4.79 Å². The zero-order valence-corrected chi connectivity index (χ0v) is 15.5. The van der Waals surface area contributed by atoms with Crippen molar-refractivity contribution >= 4 is 17.2 Å². The summed E-state index contributed by atoms with van der Waals surface area (Å²) < 4.78 is 0. The Labute approximate surface area is 157 Å². The van der Waals surface area contributed by atoms with Gasteiger partial charge in [0.2, 0.25) is 0 Å². The molecule has 5 heteroatoms. The van der Waals surface area contributed by atoms with Gasteiger partial charge in [0.1, 0.15) is 16.4 Å². The summed E-state index contributed by atoms with van der Waals surface area (Å²) in [6.45, 7) is 4.58. The Kier molecular flexibility index (Phi) is 5.77. The number of rotatable bonds is 4. The summed E-state index contributed by atoms with van der Waals surface area (Å²) in [6, 6.07) is 13.8. The summed E-state index contributed by atoms with van der Waals surface area (Å²) in [5.41, 5.74) is 3.41. The van der Waals surface area contributed by atoms with E-state index in [4.69, 9.17) is 0 Å². The van der Waals surface area contributed by atoms with E-state index in [0.717, 1.165) is 10.6 Å². The van der Waals surface area contributed by atoms with Crippen molar-refractivity contribution in [1.82, 2.24) is 15.3 Å². The van der Waals surface area contributed by atoms with Crippen LogP contribution in [0.4, 0.5) is 0 Å². The van der Waals surface area contributed by atoms with Crippen molar-refractivity contribution in [3.05, 3.63) is 71.0 Å². The zero-order chi connectivity index (χ0) is 18.4. The molecule has 0 aliphatic rings. The first-order valence-electron chi connectivity index (χ1n) is 8.37. The van der Waals surface area contributed by atoms with Crippen LogP contribution < -0.4 is 5.32 Å². The van der Waals surface area contributed by atoms with Crippen LogP contribution in [0.5, 0.6) is 0 Å². The fourth-order valence-corrected chi connectivity index (χ4v) is 3.11. The minimum absolute atomic E-state index is 0.221. The van der Waals surface area contributed by atoms with Crippen molar-refractivity contribution in [2.24, 2.45) is 0 Å². The molecule has 26 heavy (non-hydrogen) atoms. The van der Waals surface area contributed by atoms with Gasteiger partial charge in [-0.15, -0.1) is 11.3 Å². The molecule has 0 aliphatic carbocycles. The number of thiazole rings is 1. The molecule has 0 bridgehead atoms. The highest BCUT2D eigenvalue weighted by Crippen LogP contribution is 2.25. The molecule has 2 aromatic heterocycles. The van der Waals surface area contributed by atoms with E-state index in [1.807, 2.05) is 30.3 Å². The van der Waals surface area contributed by atoms with Crippen molar-refractivity contribution in [2.75, 3.05) is 6.54 Å². The van der Waals surface area contributed by atoms with Crippen molar-refractivity contribution in [3.63, 3.8) is 0 Å². The predicted molar refractivity (Wildman–Crippen MR) is 105 cm³/mol. The predicted octanol–water partition coefficient (Wildman–Crippen LogP) is 4.11. The lowest BCUT2D eigenvalue weighted by Gasteiger charge is -2.05. The first kappa shape index (κ1) is 17.8. The quantitative estimate of drug-likeness (QED) is 0.712. The first-order chi connectivity index (χ1) is 12.6. The summed E-state index contributed by atoms with van der Waals surface area (Å²) in [7, 11) is 0. The average molecular weight is 361 g/mol. The Morgan fingerprint density at radius 1 is 1.19 bits per heavy atom. The second-order valence-electron chi connectivity index (χ2n) is 6.01. The third-order valence-electron chi connectivity index (χ3n) is 3.78. The Morgan fingerprint density at radius 2 is 2.00 bits per heavy atom. The number of pyridine rings is 1. The summed E-state index contributed by atoms with van der Waals surface area (Å²) >= 11 is 1.46. The van der Waals surface area contributed by atoms with Crippen LogP contribution in [0.25, 0.3) is 10.6 Å². The molecule has 0 saturated heterocycles. The third kappa shape index (κ3) is 4.56. The molecule has 0 saturated carbocycles. The lowest BCUT2D eigenvalue weighted by atomic mass is 10.0. The van der Waals surface area contributed by atoms with E-state index in [9.17, 15) is 4.79 Å². The number of carbonyl (C=O) groups is 1. The molecular weight excluding hydrogens is 342 g/mol. The molecule has 0 aliphatic heterocycles. The maximum Gasteiger partial charge on any atom is 0.271 e. The number of aromatic nitrogens is 2. The molecule has 3 aromatic rings. The topological polar surface area (TPSA) is 54.9 Å². The van der Waals surface area contributed by atoms with E-state index < -0.39 is 0 Å². The van der Waals surface area contributed by atoms with Gasteiger partial charge in [-0.2, -0.15) is 0 Å². The number of nitrogens with one attached hydrogen (secondary N) is 1. The highest BCUT2D eigenvalue weighted by Gasteiger charge is 2.11. The van der Waals surface area contributed by atoms with Crippen LogP contribution >= 0.6 is 11.3 Å². The Hall–Kier alpha value is -2.97. The minimum Gasteiger partial charge on any atom is -0.340 e. The largest absolute Gasteiger partial charge is 0.340 e. The summed E-state index contributed by atoms with van der Waals surface area (Å²) in [4.78, 5) is 20.7. The minimum atomic E-state index is -0.221. The molecule has 0 spiro atoms. The van der Waals surface area contributed by atoms with Crippen LogP contribution in [0.15, 0.2) is 54.0 Å². The molecule has 1 N–H and O–H groups in total. The van der Waals surface area contributed by atoms with Gasteiger partial charge in [-0.25, -0.2) is 9.97 Å². The molecule has 0 atom stereocenters. The second kappa shape index (κ2) is 8.41. The van der Waals surface area contributed by atoms with Gasteiger partial charge in [0.15, 0.2) is 0 Å². The first-order valence-corrected chi connectivity index (χ1v) is 9.25. The zero-order valence-electron chi connectivity index (χ0n) is 14.7. The highest BCUT2D eigenvalue weighted by molar-refractivity contribution is 7.13. The average Bonchev–Trinajstić information content (AvgIpc) is 3.16. The van der Waals surface area contributed by atoms with Crippen LogP contribution in [0.3, 0.4) is 0 Å². The smallest absolute Gasteiger partial charge is 0.271 e. The molecule has 0 radical (unpaired) electrons.